The van der Waals surface area contributed by atoms with Crippen LogP contribution in [-0.4, -0.2) is 28.0 Å². The molecule has 0 spiro atoms. The fourth-order valence-corrected chi connectivity index (χ4v) is 2.56. The third kappa shape index (κ3) is 4.35. The van der Waals surface area contributed by atoms with Crippen molar-refractivity contribution in [2.45, 2.75) is 31.8 Å². The predicted molar refractivity (Wildman–Crippen MR) is 92.6 cm³/mol. The summed E-state index contributed by atoms with van der Waals surface area (Å²) in [5.41, 5.74) is 7.73. The number of halogens is 2. The van der Waals surface area contributed by atoms with E-state index in [-0.39, 0.29) is 36.8 Å². The van der Waals surface area contributed by atoms with Gasteiger partial charge >= 0.3 is 0 Å². The molecule has 0 saturated heterocycles. The maximum absolute atomic E-state index is 12.0. The molecule has 0 radical (unpaired) electrons. The average molecular weight is 345 g/mol. The molecule has 0 aliphatic heterocycles. The Kier molecular flexibility index (Phi) is 7.13. The van der Waals surface area contributed by atoms with Crippen molar-refractivity contribution >= 4 is 41.8 Å². The summed E-state index contributed by atoms with van der Waals surface area (Å²) < 4.78 is 2.02. The van der Waals surface area contributed by atoms with Crippen LogP contribution >= 0.6 is 24.8 Å². The Hall–Kier alpha value is -1.30. The molecule has 1 aliphatic rings. The topological polar surface area (TPSA) is 72.9 Å². The number of benzene rings is 1. The summed E-state index contributed by atoms with van der Waals surface area (Å²) in [5, 5.41) is 3.04. The molecule has 1 fully saturated rings. The summed E-state index contributed by atoms with van der Waals surface area (Å²) in [7, 11) is 0. The van der Waals surface area contributed by atoms with Gasteiger partial charge in [-0.15, -0.1) is 24.8 Å². The second-order valence-electron chi connectivity index (χ2n) is 5.42. The number of rotatable bonds is 6. The van der Waals surface area contributed by atoms with Crippen LogP contribution in [0.15, 0.2) is 30.6 Å². The number of carbonyl (C=O) groups is 1. The third-order valence-electron chi connectivity index (χ3n) is 3.90. The summed E-state index contributed by atoms with van der Waals surface area (Å²) in [5.74, 6) is 0.670. The molecular weight excluding hydrogens is 323 g/mol. The van der Waals surface area contributed by atoms with Gasteiger partial charge in [-0.2, -0.15) is 0 Å². The zero-order valence-electron chi connectivity index (χ0n) is 12.3. The number of aromatic nitrogens is 2. The van der Waals surface area contributed by atoms with Crippen molar-refractivity contribution in [2.75, 3.05) is 6.54 Å². The Morgan fingerprint density at radius 1 is 1.36 bits per heavy atom. The van der Waals surface area contributed by atoms with Crippen molar-refractivity contribution in [3.05, 3.63) is 30.6 Å². The normalized spacial score (nSPS) is 14.8. The molecule has 122 valence electrons. The molecule has 22 heavy (non-hydrogen) atoms. The molecule has 1 heterocycles. The van der Waals surface area contributed by atoms with Crippen LogP contribution in [-0.2, 0) is 11.3 Å². The number of imidazole rings is 1. The Labute approximate surface area is 142 Å². The van der Waals surface area contributed by atoms with Crippen LogP contribution in [0, 0.1) is 5.92 Å². The minimum Gasteiger partial charge on any atom is -0.352 e. The number of carbonyl (C=O) groups excluding carboxylic acids is 1. The Balaban J connectivity index is 0.00000121. The first kappa shape index (κ1) is 18.7. The molecule has 1 aliphatic carbocycles. The van der Waals surface area contributed by atoms with Gasteiger partial charge in [0.25, 0.3) is 0 Å². The molecule has 1 atom stereocenters. The third-order valence-corrected chi connectivity index (χ3v) is 3.90. The minimum atomic E-state index is 0. The lowest BCUT2D eigenvalue weighted by molar-refractivity contribution is -0.122. The van der Waals surface area contributed by atoms with E-state index in [1.54, 1.807) is 6.33 Å². The van der Waals surface area contributed by atoms with Crippen LogP contribution in [0.25, 0.3) is 11.0 Å². The van der Waals surface area contributed by atoms with Crippen molar-refractivity contribution in [2.24, 2.45) is 11.7 Å². The Morgan fingerprint density at radius 2 is 2.09 bits per heavy atom. The number of para-hydroxylation sites is 2. The number of fused-ring (bicyclic) bond motifs is 1. The summed E-state index contributed by atoms with van der Waals surface area (Å²) in [4.78, 5) is 16.3. The van der Waals surface area contributed by atoms with E-state index in [9.17, 15) is 4.79 Å². The van der Waals surface area contributed by atoms with Gasteiger partial charge < -0.3 is 15.6 Å². The van der Waals surface area contributed by atoms with Crippen LogP contribution < -0.4 is 11.1 Å². The number of hydrogen-bond acceptors (Lipinski definition) is 3. The summed E-state index contributed by atoms with van der Waals surface area (Å²) >= 11 is 0. The first-order chi connectivity index (χ1) is 9.78. The Bertz CT molecular complexity index is 612. The minimum absolute atomic E-state index is 0. The van der Waals surface area contributed by atoms with Crippen LogP contribution in [0.3, 0.4) is 0 Å². The number of nitrogens with one attached hydrogen (secondary N) is 1. The fourth-order valence-electron chi connectivity index (χ4n) is 2.56. The monoisotopic (exact) mass is 344 g/mol. The molecule has 3 rings (SSSR count). The first-order valence-corrected chi connectivity index (χ1v) is 7.17. The lowest BCUT2D eigenvalue weighted by atomic mass is 10.2. The highest BCUT2D eigenvalue weighted by Gasteiger charge is 2.31. The van der Waals surface area contributed by atoms with Gasteiger partial charge in [0.2, 0.25) is 5.91 Å². The lowest BCUT2D eigenvalue weighted by Crippen LogP contribution is -2.41. The first-order valence-electron chi connectivity index (χ1n) is 7.17. The van der Waals surface area contributed by atoms with E-state index < -0.39 is 0 Å². The van der Waals surface area contributed by atoms with Crippen molar-refractivity contribution in [1.29, 1.82) is 0 Å². The number of hydrogen-bond donors (Lipinski definition) is 2. The molecular formula is C15H22Cl2N4O. The molecule has 1 aromatic heterocycles. The standard InChI is InChI=1S/C15H20N4O.2ClH/c16-9-13(11-5-6-11)18-15(20)7-8-19-10-17-12-3-1-2-4-14(12)19;;/h1-4,10-11,13H,5-9,16H2,(H,18,20);2*1H. The Morgan fingerprint density at radius 3 is 2.77 bits per heavy atom. The second kappa shape index (κ2) is 8.36. The number of amides is 1. The highest BCUT2D eigenvalue weighted by atomic mass is 35.5. The van der Waals surface area contributed by atoms with E-state index >= 15 is 0 Å². The van der Waals surface area contributed by atoms with E-state index in [2.05, 4.69) is 10.3 Å². The average Bonchev–Trinajstić information content (AvgIpc) is 3.23. The van der Waals surface area contributed by atoms with E-state index in [0.29, 0.717) is 25.4 Å². The van der Waals surface area contributed by atoms with E-state index in [0.717, 1.165) is 11.0 Å². The zero-order chi connectivity index (χ0) is 13.9. The van der Waals surface area contributed by atoms with Gasteiger partial charge in [-0.05, 0) is 30.9 Å². The second-order valence-corrected chi connectivity index (χ2v) is 5.42. The highest BCUT2D eigenvalue weighted by Crippen LogP contribution is 2.32. The maximum atomic E-state index is 12.0. The predicted octanol–water partition coefficient (Wildman–Crippen LogP) is 2.12. The molecule has 3 N–H and O–H groups in total. The molecule has 0 bridgehead atoms. The molecule has 5 nitrogen and oxygen atoms in total. The van der Waals surface area contributed by atoms with Crippen molar-refractivity contribution in [3.8, 4) is 0 Å². The van der Waals surface area contributed by atoms with Gasteiger partial charge in [0.1, 0.15) is 0 Å². The van der Waals surface area contributed by atoms with Crippen molar-refractivity contribution in [3.63, 3.8) is 0 Å². The van der Waals surface area contributed by atoms with Crippen LogP contribution in [0.4, 0.5) is 0 Å². The van der Waals surface area contributed by atoms with E-state index in [1.807, 2.05) is 28.8 Å². The lowest BCUT2D eigenvalue weighted by Gasteiger charge is -2.16. The number of nitrogens with zero attached hydrogens (tertiary/aromatic N) is 2. The van der Waals surface area contributed by atoms with Gasteiger partial charge in [0.15, 0.2) is 0 Å². The highest BCUT2D eigenvalue weighted by molar-refractivity contribution is 5.85. The molecule has 2 aromatic rings. The van der Waals surface area contributed by atoms with Crippen LogP contribution in [0.2, 0.25) is 0 Å². The maximum Gasteiger partial charge on any atom is 0.222 e. The van der Waals surface area contributed by atoms with Gasteiger partial charge in [0, 0.05) is 25.6 Å². The van der Waals surface area contributed by atoms with E-state index in [4.69, 9.17) is 5.73 Å². The molecule has 1 aromatic carbocycles. The van der Waals surface area contributed by atoms with Gasteiger partial charge in [0.05, 0.1) is 17.4 Å². The largest absolute Gasteiger partial charge is 0.352 e. The fraction of sp³-hybridized carbons (Fsp3) is 0.467. The van der Waals surface area contributed by atoms with Crippen molar-refractivity contribution in [1.82, 2.24) is 14.9 Å². The molecule has 1 amide bonds. The van der Waals surface area contributed by atoms with Crippen LogP contribution in [0.5, 0.6) is 0 Å². The summed E-state index contributed by atoms with van der Waals surface area (Å²) in [6.45, 7) is 1.18. The van der Waals surface area contributed by atoms with E-state index in [1.165, 1.54) is 12.8 Å². The molecule has 1 saturated carbocycles. The summed E-state index contributed by atoms with van der Waals surface area (Å²) in [6, 6.07) is 8.10. The summed E-state index contributed by atoms with van der Waals surface area (Å²) in [6.07, 6.45) is 4.63. The van der Waals surface area contributed by atoms with Gasteiger partial charge in [-0.3, -0.25) is 4.79 Å². The number of aryl methyl sites for hydroxylation is 1. The molecule has 7 heteroatoms. The van der Waals surface area contributed by atoms with Gasteiger partial charge in [-0.25, -0.2) is 4.98 Å². The quantitative estimate of drug-likeness (QED) is 0.842. The van der Waals surface area contributed by atoms with Crippen LogP contribution in [0.1, 0.15) is 19.3 Å². The molecule has 1 unspecified atom stereocenters. The smallest absolute Gasteiger partial charge is 0.222 e. The SMILES string of the molecule is Cl.Cl.NCC(NC(=O)CCn1cnc2ccccc21)C1CC1. The zero-order valence-corrected chi connectivity index (χ0v) is 13.9. The van der Waals surface area contributed by atoms with Gasteiger partial charge in [-0.1, -0.05) is 12.1 Å². The van der Waals surface area contributed by atoms with Crippen molar-refractivity contribution < 1.29 is 4.79 Å². The number of nitrogens with two attached hydrogens (primary N) is 1.